The number of carbonyl (C=O) groups excluding carboxylic acids is 1. The van der Waals surface area contributed by atoms with Gasteiger partial charge in [-0.3, -0.25) is 4.79 Å². The van der Waals surface area contributed by atoms with Crippen LogP contribution >= 0.6 is 0 Å². The number of carbonyl (C=O) groups is 1. The highest BCUT2D eigenvalue weighted by Crippen LogP contribution is 2.31. The van der Waals surface area contributed by atoms with Gasteiger partial charge in [0.1, 0.15) is 34.4 Å². The molecule has 40 heavy (non-hydrogen) atoms. The second-order valence-electron chi connectivity index (χ2n) is 9.38. The summed E-state index contributed by atoms with van der Waals surface area (Å²) >= 11 is 0. The smallest absolute Gasteiger partial charge is 0.282 e. The Balaban J connectivity index is 1.20. The summed E-state index contributed by atoms with van der Waals surface area (Å²) in [5.41, 5.74) is 4.54. The van der Waals surface area contributed by atoms with Gasteiger partial charge in [-0.15, -0.1) is 5.10 Å². The topological polar surface area (TPSA) is 127 Å². The molecule has 3 aromatic heterocycles. The van der Waals surface area contributed by atoms with Crippen LogP contribution in [-0.4, -0.2) is 71.9 Å². The molecule has 1 fully saturated rings. The number of amides is 1. The quantitative estimate of drug-likeness (QED) is 0.319. The van der Waals surface area contributed by atoms with Crippen molar-refractivity contribution in [3.05, 3.63) is 66.9 Å². The van der Waals surface area contributed by atoms with E-state index in [1.54, 1.807) is 10.9 Å². The molecule has 4 heterocycles. The molecule has 0 radical (unpaired) electrons. The van der Waals surface area contributed by atoms with E-state index in [-0.39, 0.29) is 0 Å². The van der Waals surface area contributed by atoms with Gasteiger partial charge in [-0.05, 0) is 42.8 Å². The number of piperazine rings is 1. The molecule has 2 aromatic carbocycles. The predicted molar refractivity (Wildman–Crippen MR) is 147 cm³/mol. The fraction of sp³-hybridized carbons (Fsp3) is 0.222. The minimum Gasteiger partial charge on any atom is -0.457 e. The Morgan fingerprint density at radius 2 is 1.88 bits per heavy atom. The van der Waals surface area contributed by atoms with Gasteiger partial charge < -0.3 is 19.9 Å². The van der Waals surface area contributed by atoms with Crippen LogP contribution in [0.4, 0.5) is 21.8 Å². The van der Waals surface area contributed by atoms with E-state index in [0.717, 1.165) is 22.3 Å². The number of nitrogens with zero attached hydrogens (tertiary/aromatic N) is 9. The van der Waals surface area contributed by atoms with Crippen LogP contribution in [0.25, 0.3) is 22.1 Å². The number of halogens is 1. The highest BCUT2D eigenvalue weighted by Gasteiger charge is 2.24. The van der Waals surface area contributed by atoms with E-state index in [2.05, 4.69) is 37.2 Å². The first-order chi connectivity index (χ1) is 19.4. The minimum atomic E-state index is -0.957. The first kappa shape index (κ1) is 25.1. The minimum absolute atomic E-state index is 0.347. The van der Waals surface area contributed by atoms with E-state index in [9.17, 15) is 9.18 Å². The van der Waals surface area contributed by atoms with Gasteiger partial charge >= 0.3 is 0 Å². The van der Waals surface area contributed by atoms with Gasteiger partial charge in [0, 0.05) is 45.0 Å². The van der Waals surface area contributed by atoms with E-state index in [0.29, 0.717) is 60.5 Å². The Hall–Kier alpha value is -5.20. The number of hydrogen-bond acceptors (Lipinski definition) is 10. The van der Waals surface area contributed by atoms with Crippen LogP contribution in [0, 0.1) is 6.92 Å². The number of fused-ring (bicyclic) bond motifs is 2. The Bertz CT molecular complexity index is 1760. The summed E-state index contributed by atoms with van der Waals surface area (Å²) in [5.74, 6) is 0.746. The lowest BCUT2D eigenvalue weighted by molar-refractivity contribution is -0.128. The second kappa shape index (κ2) is 10.2. The van der Waals surface area contributed by atoms with Crippen LogP contribution in [0.15, 0.2) is 61.3 Å². The molecule has 0 bridgehead atoms. The molecule has 6 rings (SSSR count). The van der Waals surface area contributed by atoms with Crippen molar-refractivity contribution < 1.29 is 13.9 Å². The molecule has 202 valence electrons. The molecule has 1 saturated heterocycles. The first-order valence-corrected chi connectivity index (χ1v) is 12.6. The van der Waals surface area contributed by atoms with E-state index < -0.39 is 11.7 Å². The maximum atomic E-state index is 13.2. The molecule has 0 atom stereocenters. The summed E-state index contributed by atoms with van der Waals surface area (Å²) in [4.78, 5) is 33.1. The molecular formula is C27H25FN10O2. The van der Waals surface area contributed by atoms with Gasteiger partial charge in [0.2, 0.25) is 5.95 Å². The van der Waals surface area contributed by atoms with Gasteiger partial charge in [-0.2, -0.15) is 0 Å². The number of nitrogens with one attached hydrogen (secondary N) is 1. The third-order valence-corrected chi connectivity index (χ3v) is 6.69. The number of hydrogen-bond donors (Lipinski definition) is 1. The molecule has 12 nitrogen and oxygen atoms in total. The van der Waals surface area contributed by atoms with Crippen molar-refractivity contribution in [3.63, 3.8) is 0 Å². The molecule has 0 saturated carbocycles. The van der Waals surface area contributed by atoms with Crippen molar-refractivity contribution in [1.29, 1.82) is 0 Å². The number of anilines is 3. The van der Waals surface area contributed by atoms with Crippen molar-refractivity contribution in [2.24, 2.45) is 7.05 Å². The van der Waals surface area contributed by atoms with Crippen molar-refractivity contribution >= 4 is 45.4 Å². The van der Waals surface area contributed by atoms with E-state index in [1.165, 1.54) is 11.2 Å². The van der Waals surface area contributed by atoms with Gasteiger partial charge in [-0.1, -0.05) is 11.8 Å². The monoisotopic (exact) mass is 540 g/mol. The highest BCUT2D eigenvalue weighted by atomic mass is 19.1. The molecule has 1 aliphatic rings. The number of aromatic nitrogens is 7. The summed E-state index contributed by atoms with van der Waals surface area (Å²) in [6.07, 6.45) is 3.09. The molecule has 13 heteroatoms. The lowest BCUT2D eigenvalue weighted by atomic mass is 10.2. The third kappa shape index (κ3) is 4.84. The van der Waals surface area contributed by atoms with E-state index >= 15 is 0 Å². The van der Waals surface area contributed by atoms with Crippen molar-refractivity contribution in [1.82, 2.24) is 39.8 Å². The SMILES string of the molecule is C=C(F)C(=O)N1CCN(c2ncc3ncnc(Nc4ccc(Oc5ccc6c(c5)nnn6C)c(C)c4)c3n2)CC1. The lowest BCUT2D eigenvalue weighted by Crippen LogP contribution is -2.49. The zero-order valence-corrected chi connectivity index (χ0v) is 21.9. The van der Waals surface area contributed by atoms with E-state index in [1.807, 2.05) is 55.3 Å². The van der Waals surface area contributed by atoms with Crippen molar-refractivity contribution in [2.75, 3.05) is 36.4 Å². The predicted octanol–water partition coefficient (Wildman–Crippen LogP) is 3.68. The van der Waals surface area contributed by atoms with Gasteiger partial charge in [0.25, 0.3) is 5.91 Å². The number of rotatable bonds is 6. The Labute approximate surface area is 228 Å². The van der Waals surface area contributed by atoms with Gasteiger partial charge in [0.05, 0.1) is 11.7 Å². The summed E-state index contributed by atoms with van der Waals surface area (Å²) in [7, 11) is 1.84. The second-order valence-corrected chi connectivity index (χ2v) is 9.38. The fourth-order valence-electron chi connectivity index (χ4n) is 4.56. The third-order valence-electron chi connectivity index (χ3n) is 6.69. The van der Waals surface area contributed by atoms with Crippen LogP contribution in [-0.2, 0) is 11.8 Å². The summed E-state index contributed by atoms with van der Waals surface area (Å²) in [6.45, 7) is 6.68. The summed E-state index contributed by atoms with van der Waals surface area (Å²) in [6, 6.07) is 11.4. The molecule has 1 amide bonds. The van der Waals surface area contributed by atoms with Crippen molar-refractivity contribution in [2.45, 2.75) is 6.92 Å². The zero-order valence-electron chi connectivity index (χ0n) is 21.9. The Kier molecular flexibility index (Phi) is 6.38. The standard InChI is InChI=1S/C27H25FN10O2/c1-16-12-18(4-7-23(16)40-19-5-6-22-20(13-19)34-35-36(22)3)32-25-24-21(30-15-31-25)14-29-27(33-24)38-10-8-37(9-11-38)26(39)17(2)28/h4-7,12-15H,2,8-11H2,1,3H3,(H,30,31,32). The average molecular weight is 541 g/mol. The average Bonchev–Trinajstić information content (AvgIpc) is 3.34. The highest BCUT2D eigenvalue weighted by molar-refractivity contribution is 5.91. The first-order valence-electron chi connectivity index (χ1n) is 12.6. The largest absolute Gasteiger partial charge is 0.457 e. The zero-order chi connectivity index (χ0) is 27.8. The van der Waals surface area contributed by atoms with Gasteiger partial charge in [0.15, 0.2) is 11.6 Å². The molecule has 1 N–H and O–H groups in total. The number of aryl methyl sites for hydroxylation is 2. The number of ether oxygens (including phenoxy) is 1. The lowest BCUT2D eigenvalue weighted by Gasteiger charge is -2.34. The van der Waals surface area contributed by atoms with Gasteiger partial charge in [-0.25, -0.2) is 29.0 Å². The fourth-order valence-corrected chi connectivity index (χ4v) is 4.56. The van der Waals surface area contributed by atoms with E-state index in [4.69, 9.17) is 9.72 Å². The Morgan fingerprint density at radius 3 is 2.65 bits per heavy atom. The molecule has 0 aliphatic carbocycles. The molecular weight excluding hydrogens is 515 g/mol. The normalized spacial score (nSPS) is 13.6. The molecule has 5 aromatic rings. The van der Waals surface area contributed by atoms with Crippen LogP contribution in [0.1, 0.15) is 5.56 Å². The van der Waals surface area contributed by atoms with Crippen LogP contribution < -0.4 is 15.0 Å². The molecule has 0 spiro atoms. The Morgan fingerprint density at radius 1 is 1.05 bits per heavy atom. The molecule has 1 aliphatic heterocycles. The van der Waals surface area contributed by atoms with Crippen LogP contribution in [0.3, 0.4) is 0 Å². The maximum absolute atomic E-state index is 13.2. The summed E-state index contributed by atoms with van der Waals surface area (Å²) in [5, 5.41) is 11.5. The van der Waals surface area contributed by atoms with Crippen molar-refractivity contribution in [3.8, 4) is 11.5 Å². The number of benzene rings is 2. The summed E-state index contributed by atoms with van der Waals surface area (Å²) < 4.78 is 21.1. The maximum Gasteiger partial charge on any atom is 0.282 e. The van der Waals surface area contributed by atoms with Crippen LogP contribution in [0.5, 0.6) is 11.5 Å². The van der Waals surface area contributed by atoms with Crippen LogP contribution in [0.2, 0.25) is 0 Å². The molecule has 0 unspecified atom stereocenters.